The van der Waals surface area contributed by atoms with Gasteiger partial charge in [-0.1, -0.05) is 30.3 Å². The molecule has 1 aromatic carbocycles. The van der Waals surface area contributed by atoms with E-state index in [9.17, 15) is 4.79 Å². The number of halogens is 1. The SMILES string of the molecule is CNC1CCCN(C(=O)COCc2ccccc2)C1.Cl. The minimum Gasteiger partial charge on any atom is -0.367 e. The molecule has 1 saturated heterocycles. The Morgan fingerprint density at radius 3 is 2.85 bits per heavy atom. The number of carbonyl (C=O) groups is 1. The molecule has 1 aromatic rings. The third-order valence-electron chi connectivity index (χ3n) is 3.52. The summed E-state index contributed by atoms with van der Waals surface area (Å²) < 4.78 is 5.49. The Labute approximate surface area is 126 Å². The summed E-state index contributed by atoms with van der Waals surface area (Å²) in [6, 6.07) is 10.3. The Balaban J connectivity index is 0.00000200. The third-order valence-corrected chi connectivity index (χ3v) is 3.52. The van der Waals surface area contributed by atoms with Crippen LogP contribution in [0.2, 0.25) is 0 Å². The van der Waals surface area contributed by atoms with Crippen molar-refractivity contribution < 1.29 is 9.53 Å². The van der Waals surface area contributed by atoms with Gasteiger partial charge in [0.2, 0.25) is 5.91 Å². The Hall–Kier alpha value is -1.10. The molecule has 1 aliphatic heterocycles. The van der Waals surface area contributed by atoms with E-state index in [4.69, 9.17) is 4.74 Å². The van der Waals surface area contributed by atoms with Crippen molar-refractivity contribution >= 4 is 18.3 Å². The topological polar surface area (TPSA) is 41.6 Å². The van der Waals surface area contributed by atoms with Gasteiger partial charge in [0.15, 0.2) is 0 Å². The molecule has 4 nitrogen and oxygen atoms in total. The van der Waals surface area contributed by atoms with Crippen LogP contribution in [0.25, 0.3) is 0 Å². The minimum absolute atomic E-state index is 0. The number of rotatable bonds is 5. The number of nitrogens with zero attached hydrogens (tertiary/aromatic N) is 1. The van der Waals surface area contributed by atoms with Crippen molar-refractivity contribution in [3.8, 4) is 0 Å². The van der Waals surface area contributed by atoms with E-state index in [0.29, 0.717) is 12.6 Å². The quantitative estimate of drug-likeness (QED) is 0.902. The van der Waals surface area contributed by atoms with E-state index < -0.39 is 0 Å². The molecule has 0 spiro atoms. The number of likely N-dealkylation sites (N-methyl/N-ethyl adjacent to an activating group) is 1. The maximum absolute atomic E-state index is 12.0. The third kappa shape index (κ3) is 5.12. The molecule has 1 unspecified atom stereocenters. The van der Waals surface area contributed by atoms with Crippen LogP contribution in [0.15, 0.2) is 30.3 Å². The van der Waals surface area contributed by atoms with Crippen molar-refractivity contribution in [1.82, 2.24) is 10.2 Å². The van der Waals surface area contributed by atoms with Crippen LogP contribution in [0, 0.1) is 0 Å². The lowest BCUT2D eigenvalue weighted by Gasteiger charge is -2.32. The summed E-state index contributed by atoms with van der Waals surface area (Å²) >= 11 is 0. The second-order valence-electron chi connectivity index (χ2n) is 4.95. The first-order chi connectivity index (χ1) is 9.29. The number of benzene rings is 1. The number of ether oxygens (including phenoxy) is 1. The minimum atomic E-state index is 0. The summed E-state index contributed by atoms with van der Waals surface area (Å²) in [4.78, 5) is 13.9. The van der Waals surface area contributed by atoms with Gasteiger partial charge in [0.1, 0.15) is 6.61 Å². The molecule has 1 aliphatic rings. The number of amides is 1. The Kier molecular flexibility index (Phi) is 7.59. The maximum atomic E-state index is 12.0. The standard InChI is InChI=1S/C15H22N2O2.ClH/c1-16-14-8-5-9-17(10-14)15(18)12-19-11-13-6-3-2-4-7-13;/h2-4,6-7,14,16H,5,8-12H2,1H3;1H. The average molecular weight is 299 g/mol. The number of likely N-dealkylation sites (tertiary alicyclic amines) is 1. The predicted molar refractivity (Wildman–Crippen MR) is 82.0 cm³/mol. The predicted octanol–water partition coefficient (Wildman–Crippen LogP) is 1.84. The van der Waals surface area contributed by atoms with Gasteiger partial charge in [-0.15, -0.1) is 12.4 Å². The van der Waals surface area contributed by atoms with Gasteiger partial charge < -0.3 is 15.0 Å². The van der Waals surface area contributed by atoms with Gasteiger partial charge in [-0.05, 0) is 25.5 Å². The zero-order chi connectivity index (χ0) is 13.5. The highest BCUT2D eigenvalue weighted by atomic mass is 35.5. The highest BCUT2D eigenvalue weighted by Crippen LogP contribution is 2.10. The molecule has 1 fully saturated rings. The highest BCUT2D eigenvalue weighted by molar-refractivity contribution is 5.85. The van der Waals surface area contributed by atoms with Gasteiger partial charge in [-0.3, -0.25) is 4.79 Å². The van der Waals surface area contributed by atoms with Gasteiger partial charge >= 0.3 is 0 Å². The first-order valence-corrected chi connectivity index (χ1v) is 6.86. The molecule has 20 heavy (non-hydrogen) atoms. The Bertz CT molecular complexity index is 400. The van der Waals surface area contributed by atoms with E-state index in [-0.39, 0.29) is 24.9 Å². The van der Waals surface area contributed by atoms with E-state index in [1.54, 1.807) is 0 Å². The van der Waals surface area contributed by atoms with E-state index in [0.717, 1.165) is 31.5 Å². The number of carbonyl (C=O) groups excluding carboxylic acids is 1. The molecule has 0 saturated carbocycles. The second kappa shape index (κ2) is 8.95. The van der Waals surface area contributed by atoms with Crippen LogP contribution in [0.4, 0.5) is 0 Å². The van der Waals surface area contributed by atoms with Crippen LogP contribution in [0.5, 0.6) is 0 Å². The zero-order valence-electron chi connectivity index (χ0n) is 11.9. The van der Waals surface area contributed by atoms with Crippen molar-refractivity contribution in [3.63, 3.8) is 0 Å². The lowest BCUT2D eigenvalue weighted by molar-refractivity contribution is -0.137. The molecular formula is C15H23ClN2O2. The molecule has 0 radical (unpaired) electrons. The molecule has 1 heterocycles. The zero-order valence-corrected chi connectivity index (χ0v) is 12.7. The summed E-state index contributed by atoms with van der Waals surface area (Å²) in [6.45, 7) is 2.32. The molecule has 112 valence electrons. The molecule has 2 rings (SSSR count). The normalized spacial score (nSPS) is 18.4. The largest absolute Gasteiger partial charge is 0.367 e. The van der Waals surface area contributed by atoms with Gasteiger partial charge in [0.05, 0.1) is 6.61 Å². The fraction of sp³-hybridized carbons (Fsp3) is 0.533. The summed E-state index contributed by atoms with van der Waals surface area (Å²) in [5.41, 5.74) is 1.10. The average Bonchev–Trinajstić information content (AvgIpc) is 2.48. The lowest BCUT2D eigenvalue weighted by Crippen LogP contribution is -2.48. The second-order valence-corrected chi connectivity index (χ2v) is 4.95. The number of nitrogens with one attached hydrogen (secondary N) is 1. The first-order valence-electron chi connectivity index (χ1n) is 6.86. The number of hydrogen-bond acceptors (Lipinski definition) is 3. The summed E-state index contributed by atoms with van der Waals surface area (Å²) in [5.74, 6) is 0.0934. The lowest BCUT2D eigenvalue weighted by atomic mass is 10.1. The Morgan fingerprint density at radius 1 is 1.40 bits per heavy atom. The molecular weight excluding hydrogens is 276 g/mol. The van der Waals surface area contributed by atoms with E-state index in [2.05, 4.69) is 5.32 Å². The van der Waals surface area contributed by atoms with Crippen LogP contribution in [-0.2, 0) is 16.1 Å². The van der Waals surface area contributed by atoms with Crippen molar-refractivity contribution in [2.75, 3.05) is 26.7 Å². The van der Waals surface area contributed by atoms with Crippen LogP contribution in [0.1, 0.15) is 18.4 Å². The number of hydrogen-bond donors (Lipinski definition) is 1. The molecule has 1 amide bonds. The van der Waals surface area contributed by atoms with Crippen LogP contribution in [-0.4, -0.2) is 43.6 Å². The van der Waals surface area contributed by atoms with E-state index >= 15 is 0 Å². The van der Waals surface area contributed by atoms with Crippen LogP contribution in [0.3, 0.4) is 0 Å². The molecule has 0 aliphatic carbocycles. The summed E-state index contributed by atoms with van der Waals surface area (Å²) in [6.07, 6.45) is 2.21. The Morgan fingerprint density at radius 2 is 2.15 bits per heavy atom. The van der Waals surface area contributed by atoms with Crippen molar-refractivity contribution in [1.29, 1.82) is 0 Å². The first kappa shape index (κ1) is 17.0. The molecule has 0 bridgehead atoms. The fourth-order valence-electron chi connectivity index (χ4n) is 2.36. The molecule has 1 N–H and O–H groups in total. The van der Waals surface area contributed by atoms with Crippen LogP contribution < -0.4 is 5.32 Å². The van der Waals surface area contributed by atoms with Crippen molar-refractivity contribution in [3.05, 3.63) is 35.9 Å². The van der Waals surface area contributed by atoms with Gasteiger partial charge in [-0.2, -0.15) is 0 Å². The number of piperidine rings is 1. The van der Waals surface area contributed by atoms with E-state index in [1.165, 1.54) is 0 Å². The summed E-state index contributed by atoms with van der Waals surface area (Å²) in [5, 5.41) is 3.24. The highest BCUT2D eigenvalue weighted by Gasteiger charge is 2.22. The molecule has 0 aromatic heterocycles. The van der Waals surface area contributed by atoms with Gasteiger partial charge in [0.25, 0.3) is 0 Å². The monoisotopic (exact) mass is 298 g/mol. The summed E-state index contributed by atoms with van der Waals surface area (Å²) in [7, 11) is 1.95. The fourth-order valence-corrected chi connectivity index (χ4v) is 2.36. The van der Waals surface area contributed by atoms with Crippen molar-refractivity contribution in [2.24, 2.45) is 0 Å². The maximum Gasteiger partial charge on any atom is 0.248 e. The van der Waals surface area contributed by atoms with Crippen LogP contribution >= 0.6 is 12.4 Å². The molecule has 5 heteroatoms. The smallest absolute Gasteiger partial charge is 0.248 e. The van der Waals surface area contributed by atoms with Gasteiger partial charge in [-0.25, -0.2) is 0 Å². The van der Waals surface area contributed by atoms with Crippen molar-refractivity contribution in [2.45, 2.75) is 25.5 Å². The van der Waals surface area contributed by atoms with Gasteiger partial charge in [0, 0.05) is 19.1 Å². The molecule has 1 atom stereocenters. The van der Waals surface area contributed by atoms with E-state index in [1.807, 2.05) is 42.3 Å².